The molecule has 3 aromatic rings. The van der Waals surface area contributed by atoms with Crippen LogP contribution < -0.4 is 9.47 Å². The highest BCUT2D eigenvalue weighted by Gasteiger charge is 2.32. The molecule has 1 heterocycles. The van der Waals surface area contributed by atoms with Gasteiger partial charge in [-0.1, -0.05) is 34.1 Å². The highest BCUT2D eigenvalue weighted by molar-refractivity contribution is 9.10. The number of ether oxygens (including phenoxy) is 2. The number of amides is 1. The first-order valence-electron chi connectivity index (χ1n) is 10.9. The average Bonchev–Trinajstić information content (AvgIpc) is 3.17. The van der Waals surface area contributed by atoms with Crippen molar-refractivity contribution in [3.8, 4) is 17.6 Å². The molecule has 0 N–H and O–H groups in total. The first kappa shape index (κ1) is 24.6. The summed E-state index contributed by atoms with van der Waals surface area (Å²) in [6, 6.07) is 22.5. The lowest BCUT2D eigenvalue weighted by molar-refractivity contribution is -0.122. The van der Waals surface area contributed by atoms with Gasteiger partial charge in [-0.3, -0.25) is 9.69 Å². The van der Waals surface area contributed by atoms with Gasteiger partial charge >= 0.3 is 0 Å². The molecule has 8 heteroatoms. The molecule has 1 fully saturated rings. The number of aliphatic imine (C=N–C) groups is 1. The van der Waals surface area contributed by atoms with Crippen molar-refractivity contribution in [1.29, 1.82) is 5.26 Å². The molecule has 1 amide bonds. The van der Waals surface area contributed by atoms with Crippen molar-refractivity contribution in [3.63, 3.8) is 0 Å². The van der Waals surface area contributed by atoms with Gasteiger partial charge < -0.3 is 9.47 Å². The second kappa shape index (κ2) is 11.3. The molecule has 6 nitrogen and oxygen atoms in total. The number of methoxy groups -OCH3 is 1. The Morgan fingerprint density at radius 1 is 1.14 bits per heavy atom. The average molecular weight is 548 g/mol. The van der Waals surface area contributed by atoms with Gasteiger partial charge in [-0.15, -0.1) is 0 Å². The summed E-state index contributed by atoms with van der Waals surface area (Å²) in [5.74, 6) is 1.26. The second-order valence-corrected chi connectivity index (χ2v) is 9.42. The lowest BCUT2D eigenvalue weighted by Crippen LogP contribution is -2.28. The third kappa shape index (κ3) is 5.76. The second-order valence-electron chi connectivity index (χ2n) is 7.49. The number of carbonyl (C=O) groups excluding carboxylic acids is 1. The van der Waals surface area contributed by atoms with Crippen LogP contribution in [-0.2, 0) is 11.4 Å². The maximum Gasteiger partial charge on any atom is 0.266 e. The zero-order chi connectivity index (χ0) is 24.8. The van der Waals surface area contributed by atoms with Crippen LogP contribution in [0, 0.1) is 11.3 Å². The summed E-state index contributed by atoms with van der Waals surface area (Å²) in [6.07, 6.45) is 1.82. The zero-order valence-electron chi connectivity index (χ0n) is 19.2. The Morgan fingerprint density at radius 2 is 1.91 bits per heavy atom. The normalized spacial score (nSPS) is 15.5. The molecule has 0 aromatic heterocycles. The molecule has 1 aliphatic heterocycles. The van der Waals surface area contributed by atoms with E-state index in [1.807, 2.05) is 73.7 Å². The maximum absolute atomic E-state index is 13.1. The van der Waals surface area contributed by atoms with Crippen LogP contribution >= 0.6 is 27.7 Å². The topological polar surface area (TPSA) is 74.9 Å². The summed E-state index contributed by atoms with van der Waals surface area (Å²) in [5, 5.41) is 9.97. The van der Waals surface area contributed by atoms with Crippen LogP contribution in [0.15, 0.2) is 81.1 Å². The van der Waals surface area contributed by atoms with Crippen LogP contribution in [0.2, 0.25) is 0 Å². The number of rotatable bonds is 7. The third-order valence-corrected chi connectivity index (χ3v) is 6.78. The minimum atomic E-state index is -0.106. The zero-order valence-corrected chi connectivity index (χ0v) is 21.6. The van der Waals surface area contributed by atoms with E-state index >= 15 is 0 Å². The van der Waals surface area contributed by atoms with Crippen LogP contribution in [-0.4, -0.2) is 29.6 Å². The number of likely N-dealkylation sites (N-methyl/N-ethyl adjacent to an activating group) is 1. The molecule has 35 heavy (non-hydrogen) atoms. The molecule has 0 saturated carbocycles. The Bertz CT molecular complexity index is 1350. The number of hydrogen-bond acceptors (Lipinski definition) is 6. The van der Waals surface area contributed by atoms with E-state index in [1.165, 1.54) is 11.8 Å². The van der Waals surface area contributed by atoms with Gasteiger partial charge in [0.25, 0.3) is 5.91 Å². The van der Waals surface area contributed by atoms with E-state index in [2.05, 4.69) is 27.0 Å². The SMILES string of the molecule is CCN1C(=O)/C(=C\c2cc(Br)ccc2OCc2ccccc2C#N)SC1=Nc1ccc(OC)cc1. The summed E-state index contributed by atoms with van der Waals surface area (Å²) < 4.78 is 12.1. The minimum absolute atomic E-state index is 0.106. The van der Waals surface area contributed by atoms with Crippen LogP contribution in [0.5, 0.6) is 11.5 Å². The fourth-order valence-corrected chi connectivity index (χ4v) is 4.89. The molecule has 0 atom stereocenters. The monoisotopic (exact) mass is 547 g/mol. The lowest BCUT2D eigenvalue weighted by atomic mass is 10.1. The Kier molecular flexibility index (Phi) is 7.91. The largest absolute Gasteiger partial charge is 0.497 e. The van der Waals surface area contributed by atoms with Gasteiger partial charge in [-0.2, -0.15) is 5.26 Å². The molecule has 0 radical (unpaired) electrons. The fourth-order valence-electron chi connectivity index (χ4n) is 3.45. The van der Waals surface area contributed by atoms with Crippen LogP contribution in [0.4, 0.5) is 5.69 Å². The molecule has 0 bridgehead atoms. The van der Waals surface area contributed by atoms with Crippen molar-refractivity contribution in [1.82, 2.24) is 4.90 Å². The van der Waals surface area contributed by atoms with Gasteiger partial charge in [-0.05, 0) is 73.3 Å². The predicted octanol–water partition coefficient (Wildman–Crippen LogP) is 6.53. The van der Waals surface area contributed by atoms with Crippen LogP contribution in [0.25, 0.3) is 6.08 Å². The summed E-state index contributed by atoms with van der Waals surface area (Å²) in [5.41, 5.74) is 2.87. The van der Waals surface area contributed by atoms with Crippen molar-refractivity contribution in [2.24, 2.45) is 4.99 Å². The first-order valence-corrected chi connectivity index (χ1v) is 12.5. The fraction of sp³-hybridized carbons (Fsp3) is 0.148. The van der Waals surface area contributed by atoms with Gasteiger partial charge in [-0.25, -0.2) is 4.99 Å². The number of nitriles is 1. The lowest BCUT2D eigenvalue weighted by Gasteiger charge is -2.12. The predicted molar refractivity (Wildman–Crippen MR) is 143 cm³/mol. The van der Waals surface area contributed by atoms with Crippen molar-refractivity contribution in [2.45, 2.75) is 13.5 Å². The van der Waals surface area contributed by atoms with E-state index < -0.39 is 0 Å². The number of thioether (sulfide) groups is 1. The van der Waals surface area contributed by atoms with Gasteiger partial charge in [0.1, 0.15) is 18.1 Å². The van der Waals surface area contributed by atoms with E-state index in [-0.39, 0.29) is 12.5 Å². The molecule has 1 aliphatic rings. The van der Waals surface area contributed by atoms with E-state index in [0.717, 1.165) is 27.0 Å². The summed E-state index contributed by atoms with van der Waals surface area (Å²) in [6.45, 7) is 2.67. The van der Waals surface area contributed by atoms with Gasteiger partial charge in [0.2, 0.25) is 0 Å². The summed E-state index contributed by atoms with van der Waals surface area (Å²) in [4.78, 5) is 20.0. The molecule has 176 valence electrons. The van der Waals surface area contributed by atoms with E-state index in [1.54, 1.807) is 18.1 Å². The number of amidine groups is 1. The van der Waals surface area contributed by atoms with Gasteiger partial charge in [0, 0.05) is 22.1 Å². The number of carbonyl (C=O) groups is 1. The first-order chi connectivity index (χ1) is 17.0. The quantitative estimate of drug-likeness (QED) is 0.314. The number of nitrogens with zero attached hydrogens (tertiary/aromatic N) is 3. The molecule has 4 rings (SSSR count). The Hall–Kier alpha value is -3.54. The van der Waals surface area contributed by atoms with Gasteiger partial charge in [0.05, 0.1) is 29.3 Å². The maximum atomic E-state index is 13.1. The summed E-state index contributed by atoms with van der Waals surface area (Å²) in [7, 11) is 1.62. The molecular formula is C27H22BrN3O3S. The Morgan fingerprint density at radius 3 is 2.63 bits per heavy atom. The van der Waals surface area contributed by atoms with Crippen molar-refractivity contribution < 1.29 is 14.3 Å². The molecule has 1 saturated heterocycles. The Labute approximate surface area is 217 Å². The number of hydrogen-bond donors (Lipinski definition) is 0. The standard InChI is InChI=1S/C27H22BrN3O3S/c1-3-31-26(32)25(35-27(31)30-22-9-11-23(33-2)12-10-22)15-20-14-21(28)8-13-24(20)34-17-19-7-5-4-6-18(19)16-29/h4-15H,3,17H2,1-2H3/b25-15+,30-27?. The van der Waals surface area contributed by atoms with E-state index in [0.29, 0.717) is 27.9 Å². The van der Waals surface area contributed by atoms with Crippen molar-refractivity contribution in [2.75, 3.05) is 13.7 Å². The number of halogens is 1. The molecular weight excluding hydrogens is 526 g/mol. The molecule has 0 unspecified atom stereocenters. The number of benzene rings is 3. The van der Waals surface area contributed by atoms with E-state index in [9.17, 15) is 10.1 Å². The molecule has 0 aliphatic carbocycles. The Balaban J connectivity index is 1.62. The molecule has 0 spiro atoms. The van der Waals surface area contributed by atoms with Crippen LogP contribution in [0.1, 0.15) is 23.6 Å². The van der Waals surface area contributed by atoms with Crippen molar-refractivity contribution in [3.05, 3.63) is 92.8 Å². The molecule has 3 aromatic carbocycles. The smallest absolute Gasteiger partial charge is 0.266 e. The van der Waals surface area contributed by atoms with Gasteiger partial charge in [0.15, 0.2) is 5.17 Å². The summed E-state index contributed by atoms with van der Waals surface area (Å²) >= 11 is 4.84. The van der Waals surface area contributed by atoms with Crippen LogP contribution in [0.3, 0.4) is 0 Å². The minimum Gasteiger partial charge on any atom is -0.497 e. The highest BCUT2D eigenvalue weighted by Crippen LogP contribution is 2.36. The third-order valence-electron chi connectivity index (χ3n) is 5.28. The van der Waals surface area contributed by atoms with Crippen molar-refractivity contribution >= 4 is 50.5 Å². The highest BCUT2D eigenvalue weighted by atomic mass is 79.9. The van der Waals surface area contributed by atoms with E-state index in [4.69, 9.17) is 9.47 Å².